The Morgan fingerprint density at radius 2 is 2.06 bits per heavy atom. The zero-order valence-electron chi connectivity index (χ0n) is 20.2. The van der Waals surface area contributed by atoms with E-state index in [2.05, 4.69) is 11.6 Å². The third-order valence-corrected chi connectivity index (χ3v) is 7.24. The molecule has 1 unspecified atom stereocenters. The smallest absolute Gasteiger partial charge is 0.338 e. The normalized spacial score (nSPS) is 15.3. The monoisotopic (exact) mass is 526 g/mol. The summed E-state index contributed by atoms with van der Waals surface area (Å²) >= 11 is 2.82. The number of fused-ring (bicyclic) bond motifs is 1. The number of carbonyl (C=O) groups excluding carboxylic acids is 1. The van der Waals surface area contributed by atoms with Crippen LogP contribution in [0.3, 0.4) is 0 Å². The highest BCUT2D eigenvalue weighted by Crippen LogP contribution is 2.36. The topological polar surface area (TPSA) is 88.4 Å². The molecule has 36 heavy (non-hydrogen) atoms. The maximum Gasteiger partial charge on any atom is 0.338 e. The van der Waals surface area contributed by atoms with Crippen molar-refractivity contribution >= 4 is 34.7 Å². The second-order valence-corrected chi connectivity index (χ2v) is 9.72. The van der Waals surface area contributed by atoms with Crippen molar-refractivity contribution in [3.05, 3.63) is 89.8 Å². The Labute approximate surface area is 216 Å². The molecule has 1 aliphatic rings. The number of thiazole rings is 1. The van der Waals surface area contributed by atoms with E-state index in [1.54, 1.807) is 29.7 Å². The first-order chi connectivity index (χ1) is 17.5. The summed E-state index contributed by atoms with van der Waals surface area (Å²) in [6.45, 7) is 6.07. The lowest BCUT2D eigenvalue weighted by molar-refractivity contribution is -0.140. The minimum atomic E-state index is -0.760. The van der Waals surface area contributed by atoms with Gasteiger partial charge in [-0.25, -0.2) is 9.79 Å². The van der Waals surface area contributed by atoms with Gasteiger partial charge < -0.3 is 18.9 Å². The standard InChI is InChI=1S/C26H26N2O6S2/c1-5-10-33-19-9-8-17(14-20(19)32-4)23-22(25(30)34-12-11-31-3)16(2)27-26-28(23)24(29)21(36-26)15-18-7-6-13-35-18/h5-9,13-15,23H,1,10-12H2,2-4H3/b21-15-. The Bertz CT molecular complexity index is 1470. The van der Waals surface area contributed by atoms with Crippen LogP contribution in [0.1, 0.15) is 23.4 Å². The number of carbonyl (C=O) groups is 1. The van der Waals surface area contributed by atoms with E-state index in [4.69, 9.17) is 18.9 Å². The van der Waals surface area contributed by atoms with E-state index in [1.807, 2.05) is 29.7 Å². The van der Waals surface area contributed by atoms with Crippen molar-refractivity contribution in [2.24, 2.45) is 4.99 Å². The van der Waals surface area contributed by atoms with Crippen LogP contribution in [0.4, 0.5) is 0 Å². The van der Waals surface area contributed by atoms with Crippen molar-refractivity contribution in [3.63, 3.8) is 0 Å². The van der Waals surface area contributed by atoms with Crippen molar-refractivity contribution in [2.45, 2.75) is 13.0 Å². The highest BCUT2D eigenvalue weighted by molar-refractivity contribution is 7.11. The summed E-state index contributed by atoms with van der Waals surface area (Å²) in [5, 5.41) is 1.95. The van der Waals surface area contributed by atoms with Crippen LogP contribution in [0, 0.1) is 0 Å². The third kappa shape index (κ3) is 5.20. The molecule has 0 fully saturated rings. The van der Waals surface area contributed by atoms with Crippen molar-refractivity contribution in [1.82, 2.24) is 4.57 Å². The Hall–Kier alpha value is -3.47. The number of benzene rings is 1. The number of nitrogens with zero attached hydrogens (tertiary/aromatic N) is 2. The quantitative estimate of drug-likeness (QED) is 0.229. The molecule has 0 aliphatic carbocycles. The SMILES string of the molecule is C=CCOc1ccc(C2C(C(=O)OCCOC)=C(C)N=c3s/c(=C\c4cccs4)c(=O)n32)cc1OC. The summed E-state index contributed by atoms with van der Waals surface area (Å²) in [4.78, 5) is 32.9. The second-order valence-electron chi connectivity index (χ2n) is 7.74. The van der Waals surface area contributed by atoms with Gasteiger partial charge >= 0.3 is 5.97 Å². The Kier molecular flexibility index (Phi) is 8.19. The number of allylic oxidation sites excluding steroid dienone is 1. The Morgan fingerprint density at radius 3 is 2.75 bits per heavy atom. The molecule has 2 aromatic heterocycles. The molecule has 0 bridgehead atoms. The number of hydrogen-bond donors (Lipinski definition) is 0. The van der Waals surface area contributed by atoms with Gasteiger partial charge in [-0.2, -0.15) is 0 Å². The summed E-state index contributed by atoms with van der Waals surface area (Å²) < 4.78 is 23.8. The maximum absolute atomic E-state index is 13.6. The van der Waals surface area contributed by atoms with E-state index in [1.165, 1.54) is 36.9 Å². The molecule has 0 radical (unpaired) electrons. The fourth-order valence-corrected chi connectivity index (χ4v) is 5.59. The van der Waals surface area contributed by atoms with E-state index >= 15 is 0 Å². The molecule has 188 valence electrons. The predicted molar refractivity (Wildman–Crippen MR) is 140 cm³/mol. The van der Waals surface area contributed by atoms with Gasteiger partial charge in [-0.05, 0) is 42.1 Å². The summed E-state index contributed by atoms with van der Waals surface area (Å²) in [6.07, 6.45) is 3.48. The average Bonchev–Trinajstić information content (AvgIpc) is 3.49. The molecule has 0 spiro atoms. The fourth-order valence-electron chi connectivity index (χ4n) is 3.82. The summed E-state index contributed by atoms with van der Waals surface area (Å²) in [7, 11) is 3.07. The summed E-state index contributed by atoms with van der Waals surface area (Å²) in [5.41, 5.74) is 1.19. The van der Waals surface area contributed by atoms with Gasteiger partial charge in [0, 0.05) is 12.0 Å². The number of thiophene rings is 1. The van der Waals surface area contributed by atoms with Crippen LogP contribution in [0.25, 0.3) is 6.08 Å². The molecule has 0 saturated heterocycles. The van der Waals surface area contributed by atoms with Crippen LogP contribution < -0.4 is 24.4 Å². The molecule has 1 aromatic carbocycles. The Balaban J connectivity index is 1.89. The first-order valence-corrected chi connectivity index (χ1v) is 12.8. The van der Waals surface area contributed by atoms with Crippen LogP contribution in [0.2, 0.25) is 0 Å². The van der Waals surface area contributed by atoms with Gasteiger partial charge in [0.25, 0.3) is 5.56 Å². The van der Waals surface area contributed by atoms with Crippen LogP contribution in [-0.2, 0) is 14.3 Å². The van der Waals surface area contributed by atoms with E-state index in [-0.39, 0.29) is 24.3 Å². The van der Waals surface area contributed by atoms with E-state index in [0.717, 1.165) is 4.88 Å². The molecule has 4 rings (SSSR count). The van der Waals surface area contributed by atoms with E-state index in [9.17, 15) is 9.59 Å². The molecule has 0 amide bonds. The number of esters is 1. The van der Waals surface area contributed by atoms with Crippen molar-refractivity contribution in [1.29, 1.82) is 0 Å². The predicted octanol–water partition coefficient (Wildman–Crippen LogP) is 3.06. The molecule has 1 atom stereocenters. The van der Waals surface area contributed by atoms with Gasteiger partial charge in [0.05, 0.1) is 35.6 Å². The van der Waals surface area contributed by atoms with Crippen LogP contribution in [0.15, 0.2) is 69.4 Å². The molecule has 1 aliphatic heterocycles. The van der Waals surface area contributed by atoms with Crippen LogP contribution in [-0.4, -0.2) is 44.6 Å². The minimum Gasteiger partial charge on any atom is -0.493 e. The number of rotatable bonds is 10. The van der Waals surface area contributed by atoms with Gasteiger partial charge in [-0.1, -0.05) is 36.1 Å². The maximum atomic E-state index is 13.6. The zero-order chi connectivity index (χ0) is 25.7. The van der Waals surface area contributed by atoms with Gasteiger partial charge in [0.1, 0.15) is 13.2 Å². The van der Waals surface area contributed by atoms with E-state index < -0.39 is 12.0 Å². The molecular formula is C26H26N2O6S2. The van der Waals surface area contributed by atoms with Gasteiger partial charge in [0.2, 0.25) is 0 Å². The summed E-state index contributed by atoms with van der Waals surface area (Å²) in [6, 6.07) is 8.43. The molecule has 0 N–H and O–H groups in total. The Morgan fingerprint density at radius 1 is 1.22 bits per heavy atom. The molecule has 10 heteroatoms. The van der Waals surface area contributed by atoms with Gasteiger partial charge in [-0.15, -0.1) is 11.3 Å². The molecule has 3 aromatic rings. The summed E-state index contributed by atoms with van der Waals surface area (Å²) in [5.74, 6) is 0.435. The lowest BCUT2D eigenvalue weighted by Gasteiger charge is -2.25. The molecule has 0 saturated carbocycles. The first kappa shape index (κ1) is 25.6. The number of methoxy groups -OCH3 is 2. The lowest BCUT2D eigenvalue weighted by Crippen LogP contribution is -2.40. The van der Waals surface area contributed by atoms with Crippen molar-refractivity contribution in [3.8, 4) is 11.5 Å². The van der Waals surface area contributed by atoms with E-state index in [0.29, 0.717) is 38.7 Å². The highest BCUT2D eigenvalue weighted by Gasteiger charge is 2.34. The zero-order valence-corrected chi connectivity index (χ0v) is 21.8. The molecule has 8 nitrogen and oxygen atoms in total. The van der Waals surface area contributed by atoms with Crippen LogP contribution in [0.5, 0.6) is 11.5 Å². The molecule has 3 heterocycles. The second kappa shape index (κ2) is 11.5. The average molecular weight is 527 g/mol. The van der Waals surface area contributed by atoms with Gasteiger partial charge in [-0.3, -0.25) is 9.36 Å². The lowest BCUT2D eigenvalue weighted by atomic mass is 9.95. The largest absolute Gasteiger partial charge is 0.493 e. The van der Waals surface area contributed by atoms with Crippen LogP contribution >= 0.6 is 22.7 Å². The highest BCUT2D eigenvalue weighted by atomic mass is 32.1. The molecular weight excluding hydrogens is 500 g/mol. The van der Waals surface area contributed by atoms with Crippen molar-refractivity contribution in [2.75, 3.05) is 34.0 Å². The number of hydrogen-bond acceptors (Lipinski definition) is 9. The fraction of sp³-hybridized carbons (Fsp3) is 0.269. The van der Waals surface area contributed by atoms with Gasteiger partial charge in [0.15, 0.2) is 16.3 Å². The third-order valence-electron chi connectivity index (χ3n) is 5.44. The van der Waals surface area contributed by atoms with Crippen molar-refractivity contribution < 1.29 is 23.7 Å². The number of ether oxygens (including phenoxy) is 4. The first-order valence-electron chi connectivity index (χ1n) is 11.1. The number of aromatic nitrogens is 1. The minimum absolute atomic E-state index is 0.0826.